The molecule has 0 aliphatic carbocycles. The lowest BCUT2D eigenvalue weighted by atomic mass is 10.3. The van der Waals surface area contributed by atoms with E-state index in [0.717, 1.165) is 4.57 Å². The van der Waals surface area contributed by atoms with Crippen molar-refractivity contribution in [2.75, 3.05) is 0 Å². The van der Waals surface area contributed by atoms with Crippen LogP contribution in [0.25, 0.3) is 11.2 Å². The van der Waals surface area contributed by atoms with Gasteiger partial charge in [-0.3, -0.25) is 19.1 Å². The maximum absolute atomic E-state index is 11.8. The number of nitrogens with one attached hydrogen (secondary N) is 2. The second-order valence-electron chi connectivity index (χ2n) is 3.51. The number of H-pyrrole nitrogens is 2. The van der Waals surface area contributed by atoms with Crippen LogP contribution in [0, 0.1) is 0 Å². The normalized spacial score (nSPS) is 10.8. The Morgan fingerprint density at radius 1 is 1.47 bits per heavy atom. The van der Waals surface area contributed by atoms with Gasteiger partial charge in [-0.2, -0.15) is 0 Å². The second-order valence-corrected chi connectivity index (χ2v) is 3.51. The van der Waals surface area contributed by atoms with Gasteiger partial charge >= 0.3 is 11.7 Å². The van der Waals surface area contributed by atoms with Gasteiger partial charge in [-0.25, -0.2) is 9.78 Å². The summed E-state index contributed by atoms with van der Waals surface area (Å²) in [7, 11) is 0. The average Bonchev–Trinajstić information content (AvgIpc) is 2.70. The van der Waals surface area contributed by atoms with Crippen LogP contribution < -0.4 is 11.2 Å². The third-order valence-corrected chi connectivity index (χ3v) is 2.34. The van der Waals surface area contributed by atoms with E-state index in [1.807, 2.05) is 0 Å². The van der Waals surface area contributed by atoms with Gasteiger partial charge in [-0.15, -0.1) is 0 Å². The maximum Gasteiger partial charge on any atom is 0.330 e. The predicted molar refractivity (Wildman–Crippen MR) is 57.8 cm³/mol. The number of carboxylic acids is 1. The molecule has 0 atom stereocenters. The Morgan fingerprint density at radius 3 is 2.94 bits per heavy atom. The monoisotopic (exact) mass is 238 g/mol. The van der Waals surface area contributed by atoms with Crippen LogP contribution in [0.15, 0.2) is 15.9 Å². The Balaban J connectivity index is 2.36. The molecule has 0 unspecified atom stereocenters. The number of fused-ring (bicyclic) bond motifs is 1. The topological polar surface area (TPSA) is 121 Å². The number of nitrogens with zero attached hydrogens (tertiary/aromatic N) is 2. The van der Waals surface area contributed by atoms with E-state index >= 15 is 0 Å². The Hall–Kier alpha value is -2.38. The Labute approximate surface area is 93.9 Å². The van der Waals surface area contributed by atoms with Crippen molar-refractivity contribution in [3.05, 3.63) is 27.2 Å². The first-order valence-corrected chi connectivity index (χ1v) is 4.97. The molecule has 0 amide bonds. The van der Waals surface area contributed by atoms with Gasteiger partial charge < -0.3 is 10.1 Å². The minimum Gasteiger partial charge on any atom is -0.481 e. The van der Waals surface area contributed by atoms with Gasteiger partial charge in [0.25, 0.3) is 5.56 Å². The Morgan fingerprint density at radius 2 is 2.24 bits per heavy atom. The quantitative estimate of drug-likeness (QED) is 0.648. The Kier molecular flexibility index (Phi) is 2.77. The average molecular weight is 238 g/mol. The van der Waals surface area contributed by atoms with Crippen LogP contribution >= 0.6 is 0 Å². The van der Waals surface area contributed by atoms with Crippen LogP contribution in [0.5, 0.6) is 0 Å². The molecule has 0 saturated carbocycles. The molecule has 8 nitrogen and oxygen atoms in total. The van der Waals surface area contributed by atoms with Crippen LogP contribution in [0.4, 0.5) is 0 Å². The summed E-state index contributed by atoms with van der Waals surface area (Å²) >= 11 is 0. The maximum atomic E-state index is 11.8. The number of aliphatic carboxylic acids is 1. The fourth-order valence-electron chi connectivity index (χ4n) is 1.54. The molecular weight excluding hydrogens is 228 g/mol. The highest BCUT2D eigenvalue weighted by Crippen LogP contribution is 1.96. The number of rotatable bonds is 4. The lowest BCUT2D eigenvalue weighted by Crippen LogP contribution is -2.35. The molecule has 0 aliphatic heterocycles. The molecule has 0 spiro atoms. The van der Waals surface area contributed by atoms with Gasteiger partial charge in [0.15, 0.2) is 5.65 Å². The lowest BCUT2D eigenvalue weighted by molar-refractivity contribution is -0.137. The standard InChI is InChI=1S/C9H10N4O4/c14-5(15)2-1-3-13-8(16)6-7(11-4-10-6)12-9(13)17/h4H,1-3H2,(H,10,11)(H,12,17)(H,14,15). The smallest absolute Gasteiger partial charge is 0.330 e. The number of aromatic nitrogens is 4. The van der Waals surface area contributed by atoms with Crippen molar-refractivity contribution in [1.82, 2.24) is 19.5 Å². The van der Waals surface area contributed by atoms with Crippen molar-refractivity contribution in [3.8, 4) is 0 Å². The summed E-state index contributed by atoms with van der Waals surface area (Å²) in [5.74, 6) is -0.961. The third kappa shape index (κ3) is 2.10. The van der Waals surface area contributed by atoms with Gasteiger partial charge in [0.2, 0.25) is 0 Å². The van der Waals surface area contributed by atoms with Crippen LogP contribution in [-0.4, -0.2) is 30.6 Å². The molecule has 0 bridgehead atoms. The van der Waals surface area contributed by atoms with Crippen LogP contribution in [0.2, 0.25) is 0 Å². The van der Waals surface area contributed by atoms with Crippen molar-refractivity contribution in [2.24, 2.45) is 0 Å². The van der Waals surface area contributed by atoms with E-state index in [1.165, 1.54) is 6.33 Å². The number of aromatic amines is 2. The van der Waals surface area contributed by atoms with E-state index < -0.39 is 17.2 Å². The molecule has 8 heteroatoms. The zero-order chi connectivity index (χ0) is 12.4. The van der Waals surface area contributed by atoms with Crippen molar-refractivity contribution in [2.45, 2.75) is 19.4 Å². The van der Waals surface area contributed by atoms with Crippen LogP contribution in [0.1, 0.15) is 12.8 Å². The molecular formula is C9H10N4O4. The van der Waals surface area contributed by atoms with Crippen LogP contribution in [-0.2, 0) is 11.3 Å². The van der Waals surface area contributed by atoms with E-state index in [9.17, 15) is 14.4 Å². The number of hydrogen-bond donors (Lipinski definition) is 3. The number of carboxylic acid groups (broad SMARTS) is 1. The molecule has 0 fully saturated rings. The highest BCUT2D eigenvalue weighted by molar-refractivity contribution is 5.67. The molecule has 2 aromatic heterocycles. The SMILES string of the molecule is O=C(O)CCCn1c(=O)[nH]c2nc[nH]c2c1=O. The molecule has 0 aliphatic rings. The summed E-state index contributed by atoms with van der Waals surface area (Å²) in [5, 5.41) is 8.48. The van der Waals surface area contributed by atoms with Crippen molar-refractivity contribution >= 4 is 17.1 Å². The van der Waals surface area contributed by atoms with Crippen LogP contribution in [0.3, 0.4) is 0 Å². The summed E-state index contributed by atoms with van der Waals surface area (Å²) in [5.41, 5.74) is -0.666. The lowest BCUT2D eigenvalue weighted by Gasteiger charge is -2.02. The first-order valence-electron chi connectivity index (χ1n) is 4.97. The second kappa shape index (κ2) is 4.24. The number of imidazole rings is 1. The molecule has 2 aromatic rings. The van der Waals surface area contributed by atoms with E-state index in [2.05, 4.69) is 15.0 Å². The molecule has 0 radical (unpaired) electrons. The molecule has 90 valence electrons. The van der Waals surface area contributed by atoms with Gasteiger partial charge in [-0.1, -0.05) is 0 Å². The molecule has 2 heterocycles. The van der Waals surface area contributed by atoms with Gasteiger partial charge in [0, 0.05) is 13.0 Å². The van der Waals surface area contributed by atoms with Gasteiger partial charge in [0.1, 0.15) is 5.52 Å². The van der Waals surface area contributed by atoms with Crippen molar-refractivity contribution in [3.63, 3.8) is 0 Å². The largest absolute Gasteiger partial charge is 0.481 e. The minimum atomic E-state index is -0.961. The van der Waals surface area contributed by atoms with Gasteiger partial charge in [-0.05, 0) is 6.42 Å². The highest BCUT2D eigenvalue weighted by Gasteiger charge is 2.09. The Bertz CT molecular complexity index is 665. The number of carbonyl (C=O) groups is 1. The van der Waals surface area contributed by atoms with Crippen molar-refractivity contribution < 1.29 is 9.90 Å². The highest BCUT2D eigenvalue weighted by atomic mass is 16.4. The summed E-state index contributed by atoms with van der Waals surface area (Å²) in [6.45, 7) is 0.0649. The fourth-order valence-corrected chi connectivity index (χ4v) is 1.54. The molecule has 0 saturated heterocycles. The third-order valence-electron chi connectivity index (χ3n) is 2.34. The zero-order valence-electron chi connectivity index (χ0n) is 8.77. The van der Waals surface area contributed by atoms with E-state index in [4.69, 9.17) is 5.11 Å². The van der Waals surface area contributed by atoms with E-state index in [0.29, 0.717) is 0 Å². The number of hydrogen-bond acceptors (Lipinski definition) is 4. The summed E-state index contributed by atoms with van der Waals surface area (Å²) < 4.78 is 0.962. The molecule has 2 rings (SSSR count). The van der Waals surface area contributed by atoms with Gasteiger partial charge in [0.05, 0.1) is 6.33 Å². The van der Waals surface area contributed by atoms with E-state index in [1.54, 1.807) is 0 Å². The zero-order valence-corrected chi connectivity index (χ0v) is 8.77. The molecule has 0 aromatic carbocycles. The molecule has 3 N–H and O–H groups in total. The fraction of sp³-hybridized carbons (Fsp3) is 0.333. The summed E-state index contributed by atoms with van der Waals surface area (Å²) in [4.78, 5) is 42.5. The molecule has 17 heavy (non-hydrogen) atoms. The van der Waals surface area contributed by atoms with Crippen molar-refractivity contribution in [1.29, 1.82) is 0 Å². The summed E-state index contributed by atoms with van der Waals surface area (Å²) in [6, 6.07) is 0. The minimum absolute atomic E-state index is 0.0649. The van der Waals surface area contributed by atoms with E-state index in [-0.39, 0.29) is 30.6 Å². The first-order chi connectivity index (χ1) is 8.09. The predicted octanol–water partition coefficient (Wildman–Crippen LogP) is -0.722. The first kappa shape index (κ1) is 11.1. The summed E-state index contributed by atoms with van der Waals surface area (Å²) in [6.07, 6.45) is 1.44.